The molecule has 0 aliphatic rings. The number of hydrogen-bond donors (Lipinski definition) is 2. The first-order valence-electron chi connectivity index (χ1n) is 3.82. The Hall–Kier alpha value is 0.1000. The molecule has 0 aromatic carbocycles. The molecule has 2 N–H and O–H groups in total. The van der Waals surface area contributed by atoms with Crippen molar-refractivity contribution in [2.24, 2.45) is 0 Å². The average molecular weight is 421 g/mol. The van der Waals surface area contributed by atoms with Gasteiger partial charge in [0.2, 0.25) is 0 Å². The van der Waals surface area contributed by atoms with Gasteiger partial charge in [-0.25, -0.2) is 4.98 Å². The Morgan fingerprint density at radius 2 is 2.43 bits per heavy atom. The lowest BCUT2D eigenvalue weighted by molar-refractivity contribution is -0.139. The molecular formula is C7H9I2N3O2. The highest BCUT2D eigenvalue weighted by Gasteiger charge is 2.17. The van der Waals surface area contributed by atoms with E-state index in [0.29, 0.717) is 6.54 Å². The summed E-state index contributed by atoms with van der Waals surface area (Å²) in [4.78, 5) is 14.8. The number of carboxylic acids is 1. The summed E-state index contributed by atoms with van der Waals surface area (Å²) in [5.41, 5.74) is 0. The van der Waals surface area contributed by atoms with E-state index in [9.17, 15) is 4.79 Å². The Kier molecular flexibility index (Phi) is 4.57. The largest absolute Gasteiger partial charge is 0.480 e. The Balaban J connectivity index is 2.77. The van der Waals surface area contributed by atoms with Crippen molar-refractivity contribution in [3.8, 4) is 0 Å². The van der Waals surface area contributed by atoms with E-state index in [1.54, 1.807) is 13.4 Å². The number of imidazole rings is 1. The number of nitrogens with one attached hydrogen (secondary N) is 1. The number of carbonyl (C=O) groups is 1. The lowest BCUT2D eigenvalue weighted by Crippen LogP contribution is -2.37. The normalized spacial score (nSPS) is 12.8. The third kappa shape index (κ3) is 2.79. The quantitative estimate of drug-likeness (QED) is 0.706. The minimum absolute atomic E-state index is 0.389. The van der Waals surface area contributed by atoms with Gasteiger partial charge in [0, 0.05) is 0 Å². The van der Waals surface area contributed by atoms with Crippen molar-refractivity contribution >= 4 is 51.2 Å². The van der Waals surface area contributed by atoms with Crippen molar-refractivity contribution in [3.63, 3.8) is 0 Å². The molecule has 5 nitrogen and oxygen atoms in total. The number of aliphatic carboxylic acids is 1. The molecule has 1 atom stereocenters. The molecule has 0 spiro atoms. The molecule has 1 aromatic heterocycles. The molecule has 78 valence electrons. The highest BCUT2D eigenvalue weighted by molar-refractivity contribution is 14.1. The van der Waals surface area contributed by atoms with Gasteiger partial charge < -0.3 is 15.0 Å². The first-order chi connectivity index (χ1) is 6.56. The van der Waals surface area contributed by atoms with Gasteiger partial charge in [0.25, 0.3) is 0 Å². The maximum Gasteiger partial charge on any atom is 0.322 e. The molecule has 0 aliphatic heterocycles. The summed E-state index contributed by atoms with van der Waals surface area (Å²) in [5.74, 6) is -0.855. The second-order valence-electron chi connectivity index (χ2n) is 2.66. The van der Waals surface area contributed by atoms with Gasteiger partial charge in [0.05, 0.1) is 12.9 Å². The Bertz CT molecular complexity index is 340. The molecule has 0 fully saturated rings. The third-order valence-corrected chi connectivity index (χ3v) is 4.71. The van der Waals surface area contributed by atoms with Crippen molar-refractivity contribution in [1.82, 2.24) is 14.9 Å². The van der Waals surface area contributed by atoms with Gasteiger partial charge in [-0.1, -0.05) is 0 Å². The number of likely N-dealkylation sites (N-methyl/N-ethyl adjacent to an activating group) is 1. The SMILES string of the molecule is CNC(Cn1cnc(I)c1I)C(=O)O. The van der Waals surface area contributed by atoms with Crippen LogP contribution in [0.5, 0.6) is 0 Å². The smallest absolute Gasteiger partial charge is 0.322 e. The van der Waals surface area contributed by atoms with E-state index in [1.165, 1.54) is 0 Å². The number of halogens is 2. The monoisotopic (exact) mass is 421 g/mol. The topological polar surface area (TPSA) is 67.2 Å². The number of rotatable bonds is 4. The summed E-state index contributed by atoms with van der Waals surface area (Å²) in [6.07, 6.45) is 1.65. The summed E-state index contributed by atoms with van der Waals surface area (Å²) in [7, 11) is 1.63. The van der Waals surface area contributed by atoms with Gasteiger partial charge in [-0.15, -0.1) is 0 Å². The van der Waals surface area contributed by atoms with Crippen LogP contribution >= 0.6 is 45.2 Å². The minimum Gasteiger partial charge on any atom is -0.480 e. The summed E-state index contributed by atoms with van der Waals surface area (Å²) < 4.78 is 3.67. The van der Waals surface area contributed by atoms with Crippen LogP contribution in [0.1, 0.15) is 0 Å². The Labute approximate surface area is 109 Å². The molecule has 14 heavy (non-hydrogen) atoms. The maximum atomic E-state index is 10.8. The number of nitrogens with zero attached hydrogens (tertiary/aromatic N) is 2. The standard InChI is InChI=1S/C7H9I2N3O2/c1-10-4(7(13)14)2-12-3-11-5(8)6(12)9/h3-4,10H,2H2,1H3,(H,13,14). The fourth-order valence-electron chi connectivity index (χ4n) is 0.960. The zero-order chi connectivity index (χ0) is 10.7. The van der Waals surface area contributed by atoms with Crippen LogP contribution in [0.2, 0.25) is 0 Å². The summed E-state index contributed by atoms with van der Waals surface area (Å²) >= 11 is 4.26. The number of aromatic nitrogens is 2. The van der Waals surface area contributed by atoms with Crippen LogP contribution in [0.25, 0.3) is 0 Å². The molecule has 0 saturated carbocycles. The van der Waals surface area contributed by atoms with E-state index in [2.05, 4.69) is 55.5 Å². The van der Waals surface area contributed by atoms with Gasteiger partial charge in [-0.2, -0.15) is 0 Å². The first kappa shape index (κ1) is 12.2. The first-order valence-corrected chi connectivity index (χ1v) is 5.98. The molecule has 0 aliphatic carbocycles. The Morgan fingerprint density at radius 3 is 2.79 bits per heavy atom. The minimum atomic E-state index is -0.855. The van der Waals surface area contributed by atoms with Crippen molar-refractivity contribution in [3.05, 3.63) is 13.7 Å². The van der Waals surface area contributed by atoms with Crippen LogP contribution in [0.15, 0.2) is 6.33 Å². The fourth-order valence-corrected chi connectivity index (χ4v) is 1.85. The molecule has 0 bridgehead atoms. The van der Waals surface area contributed by atoms with Crippen molar-refractivity contribution in [2.75, 3.05) is 7.05 Å². The number of carboxylic acid groups (broad SMARTS) is 1. The van der Waals surface area contributed by atoms with Gasteiger partial charge in [0.1, 0.15) is 13.4 Å². The van der Waals surface area contributed by atoms with Crippen molar-refractivity contribution in [2.45, 2.75) is 12.6 Å². The maximum absolute atomic E-state index is 10.8. The van der Waals surface area contributed by atoms with E-state index in [0.717, 1.165) is 7.40 Å². The van der Waals surface area contributed by atoms with Crippen LogP contribution in [0, 0.1) is 7.40 Å². The molecule has 1 unspecified atom stereocenters. The van der Waals surface area contributed by atoms with Crippen LogP contribution in [-0.2, 0) is 11.3 Å². The second-order valence-corrected chi connectivity index (χ2v) is 4.70. The van der Waals surface area contributed by atoms with E-state index in [1.807, 2.05) is 4.57 Å². The zero-order valence-electron chi connectivity index (χ0n) is 7.37. The lowest BCUT2D eigenvalue weighted by Gasteiger charge is -2.12. The number of hydrogen-bond acceptors (Lipinski definition) is 3. The highest BCUT2D eigenvalue weighted by atomic mass is 127. The van der Waals surface area contributed by atoms with Gasteiger partial charge >= 0.3 is 5.97 Å². The van der Waals surface area contributed by atoms with Crippen molar-refractivity contribution < 1.29 is 9.90 Å². The van der Waals surface area contributed by atoms with Crippen LogP contribution in [0.4, 0.5) is 0 Å². The van der Waals surface area contributed by atoms with Gasteiger partial charge in [-0.05, 0) is 52.2 Å². The van der Waals surface area contributed by atoms with E-state index < -0.39 is 12.0 Å². The van der Waals surface area contributed by atoms with Gasteiger partial charge in [-0.3, -0.25) is 4.79 Å². The zero-order valence-corrected chi connectivity index (χ0v) is 11.7. The van der Waals surface area contributed by atoms with Gasteiger partial charge in [0.15, 0.2) is 0 Å². The predicted octanol–water partition coefficient (Wildman–Crippen LogP) is 0.765. The molecule has 1 aromatic rings. The molecular weight excluding hydrogens is 412 g/mol. The van der Waals surface area contributed by atoms with E-state index >= 15 is 0 Å². The average Bonchev–Trinajstić information content (AvgIpc) is 2.44. The van der Waals surface area contributed by atoms with Crippen LogP contribution in [-0.4, -0.2) is 33.7 Å². The fraction of sp³-hybridized carbons (Fsp3) is 0.429. The lowest BCUT2D eigenvalue weighted by atomic mass is 10.3. The summed E-state index contributed by atoms with van der Waals surface area (Å²) in [5, 5.41) is 11.6. The van der Waals surface area contributed by atoms with E-state index in [-0.39, 0.29) is 0 Å². The van der Waals surface area contributed by atoms with E-state index in [4.69, 9.17) is 5.11 Å². The van der Waals surface area contributed by atoms with Crippen molar-refractivity contribution in [1.29, 1.82) is 0 Å². The predicted molar refractivity (Wildman–Crippen MR) is 68.1 cm³/mol. The molecule has 0 amide bonds. The highest BCUT2D eigenvalue weighted by Crippen LogP contribution is 2.13. The second kappa shape index (κ2) is 5.26. The third-order valence-electron chi connectivity index (χ3n) is 1.76. The molecule has 7 heteroatoms. The Morgan fingerprint density at radius 1 is 1.79 bits per heavy atom. The summed E-state index contributed by atoms with van der Waals surface area (Å²) in [6, 6.07) is -0.575. The molecule has 1 heterocycles. The molecule has 1 rings (SSSR count). The molecule has 0 radical (unpaired) electrons. The molecule has 0 saturated heterocycles. The van der Waals surface area contributed by atoms with Crippen LogP contribution in [0.3, 0.4) is 0 Å². The van der Waals surface area contributed by atoms with Crippen LogP contribution < -0.4 is 5.32 Å². The summed E-state index contributed by atoms with van der Waals surface area (Å²) in [6.45, 7) is 0.389.